The van der Waals surface area contributed by atoms with E-state index in [9.17, 15) is 13.2 Å². The fraction of sp³-hybridized carbons (Fsp3) is 0.167. The van der Waals surface area contributed by atoms with Crippen LogP contribution in [0.5, 0.6) is 0 Å². The number of thiophene rings is 1. The first-order valence-electron chi connectivity index (χ1n) is 4.84. The van der Waals surface area contributed by atoms with Crippen LogP contribution in [0.25, 0.3) is 0 Å². The smallest absolute Gasteiger partial charge is 0.134 e. The molecule has 0 N–H and O–H groups in total. The minimum atomic E-state index is -0.964. The Balaban J connectivity index is 2.47. The lowest BCUT2D eigenvalue weighted by Crippen LogP contribution is -2.00. The molecule has 90 valence electrons. The normalized spacial score (nSPS) is 12.8. The van der Waals surface area contributed by atoms with Crippen molar-refractivity contribution in [3.05, 3.63) is 57.0 Å². The fourth-order valence-electron chi connectivity index (χ4n) is 1.53. The molecule has 1 heterocycles. The van der Waals surface area contributed by atoms with Crippen molar-refractivity contribution in [2.45, 2.75) is 12.3 Å². The zero-order valence-electron chi connectivity index (χ0n) is 8.81. The van der Waals surface area contributed by atoms with Crippen LogP contribution in [0.15, 0.2) is 24.3 Å². The number of aryl methyl sites for hydroxylation is 1. The van der Waals surface area contributed by atoms with Crippen molar-refractivity contribution in [3.8, 4) is 0 Å². The van der Waals surface area contributed by atoms with Crippen molar-refractivity contribution < 1.29 is 13.2 Å². The molecular weight excluding hydrogens is 269 g/mol. The second kappa shape index (κ2) is 4.70. The molecule has 1 aromatic heterocycles. The van der Waals surface area contributed by atoms with Crippen molar-refractivity contribution in [1.29, 1.82) is 0 Å². The van der Waals surface area contributed by atoms with Crippen LogP contribution in [0, 0.1) is 24.4 Å². The third kappa shape index (κ3) is 2.48. The summed E-state index contributed by atoms with van der Waals surface area (Å²) in [6.07, 6.45) is 0. The second-order valence-electron chi connectivity index (χ2n) is 3.59. The van der Waals surface area contributed by atoms with Gasteiger partial charge in [0.15, 0.2) is 0 Å². The number of hydrogen-bond acceptors (Lipinski definition) is 1. The first kappa shape index (κ1) is 12.5. The van der Waals surface area contributed by atoms with E-state index in [1.165, 1.54) is 11.3 Å². The quantitative estimate of drug-likeness (QED) is 0.691. The van der Waals surface area contributed by atoms with Crippen LogP contribution in [0.1, 0.15) is 20.7 Å². The van der Waals surface area contributed by atoms with E-state index >= 15 is 0 Å². The summed E-state index contributed by atoms with van der Waals surface area (Å²) < 4.78 is 39.7. The van der Waals surface area contributed by atoms with Crippen molar-refractivity contribution in [3.63, 3.8) is 0 Å². The van der Waals surface area contributed by atoms with Crippen LogP contribution in [0.3, 0.4) is 0 Å². The third-order valence-corrected chi connectivity index (χ3v) is 3.96. The molecule has 0 amide bonds. The van der Waals surface area contributed by atoms with Gasteiger partial charge in [-0.25, -0.2) is 13.2 Å². The molecule has 1 unspecified atom stereocenters. The number of hydrogen-bond donors (Lipinski definition) is 0. The summed E-state index contributed by atoms with van der Waals surface area (Å²) >= 11 is 7.37. The van der Waals surface area contributed by atoms with Gasteiger partial charge < -0.3 is 0 Å². The summed E-state index contributed by atoms with van der Waals surface area (Å²) in [7, 11) is 0. The molecule has 0 bridgehead atoms. The summed E-state index contributed by atoms with van der Waals surface area (Å²) in [4.78, 5) is 1.63. The number of halogens is 4. The number of benzene rings is 1. The lowest BCUT2D eigenvalue weighted by molar-refractivity contribution is 0.526. The van der Waals surface area contributed by atoms with Gasteiger partial charge in [0.05, 0.1) is 5.38 Å². The van der Waals surface area contributed by atoms with Crippen LogP contribution in [-0.4, -0.2) is 0 Å². The van der Waals surface area contributed by atoms with E-state index in [0.29, 0.717) is 17.0 Å². The zero-order valence-corrected chi connectivity index (χ0v) is 10.4. The third-order valence-electron chi connectivity index (χ3n) is 2.31. The van der Waals surface area contributed by atoms with E-state index in [-0.39, 0.29) is 5.56 Å². The molecule has 0 radical (unpaired) electrons. The van der Waals surface area contributed by atoms with Crippen LogP contribution < -0.4 is 0 Å². The summed E-state index contributed by atoms with van der Waals surface area (Å²) in [5.74, 6) is -2.88. The molecule has 0 fully saturated rings. The SMILES string of the molecule is Cc1ccc(C(Cl)c2c(F)cc(F)cc2F)s1. The molecule has 0 aliphatic heterocycles. The Morgan fingerprint density at radius 2 is 1.71 bits per heavy atom. The van der Waals surface area contributed by atoms with Gasteiger partial charge in [-0.15, -0.1) is 22.9 Å². The van der Waals surface area contributed by atoms with E-state index in [4.69, 9.17) is 11.6 Å². The van der Waals surface area contributed by atoms with Gasteiger partial charge in [-0.05, 0) is 19.1 Å². The maximum absolute atomic E-state index is 13.5. The highest BCUT2D eigenvalue weighted by Gasteiger charge is 2.22. The van der Waals surface area contributed by atoms with Gasteiger partial charge >= 0.3 is 0 Å². The maximum Gasteiger partial charge on any atom is 0.134 e. The minimum Gasteiger partial charge on any atom is -0.207 e. The van der Waals surface area contributed by atoms with Gasteiger partial charge in [-0.1, -0.05) is 0 Å². The standard InChI is InChI=1S/C12H8ClF3S/c1-6-2-3-10(17-6)12(13)11-8(15)4-7(14)5-9(11)16/h2-5,12H,1H3. The van der Waals surface area contributed by atoms with Crippen LogP contribution in [-0.2, 0) is 0 Å². The van der Waals surface area contributed by atoms with Gasteiger partial charge in [-0.3, -0.25) is 0 Å². The molecule has 0 saturated carbocycles. The largest absolute Gasteiger partial charge is 0.207 e. The number of alkyl halides is 1. The molecular formula is C12H8ClF3S. The van der Waals surface area contributed by atoms with Gasteiger partial charge in [-0.2, -0.15) is 0 Å². The van der Waals surface area contributed by atoms with Crippen molar-refractivity contribution >= 4 is 22.9 Å². The topological polar surface area (TPSA) is 0 Å². The Hall–Kier alpha value is -1.00. The number of rotatable bonds is 2. The van der Waals surface area contributed by atoms with Crippen molar-refractivity contribution in [2.75, 3.05) is 0 Å². The van der Waals surface area contributed by atoms with E-state index in [1.54, 1.807) is 6.07 Å². The minimum absolute atomic E-state index is 0.310. The first-order chi connectivity index (χ1) is 7.99. The zero-order chi connectivity index (χ0) is 12.6. The van der Waals surface area contributed by atoms with Gasteiger partial charge in [0.2, 0.25) is 0 Å². The van der Waals surface area contributed by atoms with Gasteiger partial charge in [0.25, 0.3) is 0 Å². The van der Waals surface area contributed by atoms with Crippen LogP contribution in [0.4, 0.5) is 13.2 Å². The first-order valence-corrected chi connectivity index (χ1v) is 6.09. The maximum atomic E-state index is 13.5. The van der Waals surface area contributed by atoms with E-state index < -0.39 is 22.8 Å². The van der Waals surface area contributed by atoms with Crippen molar-refractivity contribution in [2.24, 2.45) is 0 Å². The van der Waals surface area contributed by atoms with Crippen LogP contribution in [0.2, 0.25) is 0 Å². The molecule has 0 aliphatic rings. The monoisotopic (exact) mass is 276 g/mol. The molecule has 0 nitrogen and oxygen atoms in total. The predicted molar refractivity (Wildman–Crippen MR) is 63.1 cm³/mol. The molecule has 1 atom stereocenters. The lowest BCUT2D eigenvalue weighted by Gasteiger charge is -2.10. The van der Waals surface area contributed by atoms with Crippen molar-refractivity contribution in [1.82, 2.24) is 0 Å². The fourth-order valence-corrected chi connectivity index (χ4v) is 2.81. The summed E-state index contributed by atoms with van der Waals surface area (Å²) in [6, 6.07) is 4.79. The Bertz CT molecular complexity index is 527. The lowest BCUT2D eigenvalue weighted by atomic mass is 10.1. The van der Waals surface area contributed by atoms with Crippen LogP contribution >= 0.6 is 22.9 Å². The molecule has 17 heavy (non-hydrogen) atoms. The Morgan fingerprint density at radius 1 is 1.12 bits per heavy atom. The van der Waals surface area contributed by atoms with Gasteiger partial charge in [0.1, 0.15) is 17.5 Å². The highest BCUT2D eigenvalue weighted by atomic mass is 35.5. The highest BCUT2D eigenvalue weighted by Crippen LogP contribution is 2.36. The molecule has 0 saturated heterocycles. The van der Waals surface area contributed by atoms with E-state index in [2.05, 4.69) is 0 Å². The molecule has 5 heteroatoms. The summed E-state index contributed by atoms with van der Waals surface area (Å²) in [5.41, 5.74) is -0.310. The van der Waals surface area contributed by atoms with E-state index in [0.717, 1.165) is 4.88 Å². The summed E-state index contributed by atoms with van der Waals surface area (Å²) in [5, 5.41) is -0.936. The summed E-state index contributed by atoms with van der Waals surface area (Å²) in [6.45, 7) is 1.87. The highest BCUT2D eigenvalue weighted by molar-refractivity contribution is 7.12. The second-order valence-corrected chi connectivity index (χ2v) is 5.35. The molecule has 2 aromatic rings. The Kier molecular flexibility index (Phi) is 3.45. The molecule has 0 spiro atoms. The predicted octanol–water partition coefficient (Wildman–Crippen LogP) is 4.80. The molecule has 0 aliphatic carbocycles. The Morgan fingerprint density at radius 3 is 2.18 bits per heavy atom. The van der Waals surface area contributed by atoms with E-state index in [1.807, 2.05) is 13.0 Å². The van der Waals surface area contributed by atoms with Gasteiger partial charge in [0, 0.05) is 27.5 Å². The average Bonchev–Trinajstić information content (AvgIpc) is 2.63. The molecule has 2 rings (SSSR count). The molecule has 1 aromatic carbocycles. The Labute approximate surface area is 106 Å². The average molecular weight is 277 g/mol.